The average Bonchev–Trinajstić information content (AvgIpc) is 2.38. The molecule has 0 unspecified atom stereocenters. The van der Waals surface area contributed by atoms with Gasteiger partial charge in [-0.25, -0.2) is 9.97 Å². The second kappa shape index (κ2) is 5.14. The van der Waals surface area contributed by atoms with Gasteiger partial charge in [-0.05, 0) is 34.1 Å². The fraction of sp³-hybridized carbons (Fsp3) is 0.167. The summed E-state index contributed by atoms with van der Waals surface area (Å²) in [5.74, 6) is 1.46. The molecule has 0 saturated carbocycles. The first kappa shape index (κ1) is 11.9. The summed E-state index contributed by atoms with van der Waals surface area (Å²) < 4.78 is 11.2. The van der Waals surface area contributed by atoms with Crippen LogP contribution >= 0.6 is 15.9 Å². The van der Waals surface area contributed by atoms with Crippen molar-refractivity contribution >= 4 is 15.9 Å². The summed E-state index contributed by atoms with van der Waals surface area (Å²) in [7, 11) is 3.24. The third-order valence-electron chi connectivity index (χ3n) is 2.28. The van der Waals surface area contributed by atoms with Gasteiger partial charge in [0.2, 0.25) is 0 Å². The van der Waals surface area contributed by atoms with Crippen LogP contribution in [0, 0.1) is 0 Å². The number of halogens is 1. The monoisotopic (exact) mass is 294 g/mol. The lowest BCUT2D eigenvalue weighted by molar-refractivity contribution is 0.394. The minimum atomic E-state index is 0.731. The van der Waals surface area contributed by atoms with Gasteiger partial charge < -0.3 is 9.47 Å². The van der Waals surface area contributed by atoms with Gasteiger partial charge in [0.05, 0.1) is 19.9 Å². The minimum absolute atomic E-state index is 0.731. The van der Waals surface area contributed by atoms with Crippen molar-refractivity contribution in [2.45, 2.75) is 0 Å². The molecule has 0 radical (unpaired) electrons. The predicted molar refractivity (Wildman–Crippen MR) is 68.3 cm³/mol. The van der Waals surface area contributed by atoms with Gasteiger partial charge in [0.15, 0.2) is 0 Å². The lowest BCUT2D eigenvalue weighted by atomic mass is 10.1. The molecule has 5 heteroatoms. The molecule has 2 rings (SSSR count). The van der Waals surface area contributed by atoms with Crippen LogP contribution in [0.25, 0.3) is 11.3 Å². The van der Waals surface area contributed by atoms with Crippen molar-refractivity contribution in [2.24, 2.45) is 0 Å². The van der Waals surface area contributed by atoms with Gasteiger partial charge in [0.25, 0.3) is 0 Å². The SMILES string of the molecule is COc1cc(OC)cc(-c2cc(Br)ncn2)c1. The first-order chi connectivity index (χ1) is 8.22. The average molecular weight is 295 g/mol. The van der Waals surface area contributed by atoms with Gasteiger partial charge in [-0.3, -0.25) is 0 Å². The van der Waals surface area contributed by atoms with E-state index < -0.39 is 0 Å². The van der Waals surface area contributed by atoms with Gasteiger partial charge >= 0.3 is 0 Å². The molecule has 0 spiro atoms. The van der Waals surface area contributed by atoms with Crippen molar-refractivity contribution in [1.82, 2.24) is 9.97 Å². The van der Waals surface area contributed by atoms with Crippen molar-refractivity contribution in [3.63, 3.8) is 0 Å². The molecule has 2 aromatic rings. The molecule has 0 amide bonds. The molecule has 0 N–H and O–H groups in total. The van der Waals surface area contributed by atoms with Crippen molar-refractivity contribution in [1.29, 1.82) is 0 Å². The third-order valence-corrected chi connectivity index (χ3v) is 2.71. The Morgan fingerprint density at radius 2 is 1.59 bits per heavy atom. The fourth-order valence-corrected chi connectivity index (χ4v) is 1.76. The topological polar surface area (TPSA) is 44.2 Å². The number of rotatable bonds is 3. The van der Waals surface area contributed by atoms with Crippen LogP contribution in [0.4, 0.5) is 0 Å². The van der Waals surface area contributed by atoms with E-state index in [1.807, 2.05) is 24.3 Å². The van der Waals surface area contributed by atoms with Crippen molar-refractivity contribution in [3.05, 3.63) is 35.2 Å². The van der Waals surface area contributed by atoms with Crippen LogP contribution in [0.1, 0.15) is 0 Å². The summed E-state index contributed by atoms with van der Waals surface area (Å²) in [6, 6.07) is 7.46. The molecule has 0 atom stereocenters. The quantitative estimate of drug-likeness (QED) is 0.817. The molecule has 0 bridgehead atoms. The molecule has 17 heavy (non-hydrogen) atoms. The Balaban J connectivity index is 2.50. The van der Waals surface area contributed by atoms with E-state index in [1.54, 1.807) is 14.2 Å². The Labute approximate surface area is 108 Å². The highest BCUT2D eigenvalue weighted by molar-refractivity contribution is 9.10. The highest BCUT2D eigenvalue weighted by Gasteiger charge is 2.06. The maximum absolute atomic E-state index is 5.21. The van der Waals surface area contributed by atoms with Crippen LogP contribution in [-0.4, -0.2) is 24.2 Å². The number of aromatic nitrogens is 2. The lowest BCUT2D eigenvalue weighted by Gasteiger charge is -2.08. The van der Waals surface area contributed by atoms with Gasteiger partial charge in [-0.2, -0.15) is 0 Å². The van der Waals surface area contributed by atoms with E-state index in [0.29, 0.717) is 0 Å². The maximum Gasteiger partial charge on any atom is 0.123 e. The van der Waals surface area contributed by atoms with E-state index in [1.165, 1.54) is 6.33 Å². The van der Waals surface area contributed by atoms with E-state index in [2.05, 4.69) is 25.9 Å². The van der Waals surface area contributed by atoms with Gasteiger partial charge in [-0.15, -0.1) is 0 Å². The standard InChI is InChI=1S/C12H11BrN2O2/c1-16-9-3-8(4-10(5-9)17-2)11-6-12(13)15-7-14-11/h3-7H,1-2H3. The largest absolute Gasteiger partial charge is 0.497 e. The number of hydrogen-bond acceptors (Lipinski definition) is 4. The molecule has 0 saturated heterocycles. The summed E-state index contributed by atoms with van der Waals surface area (Å²) in [6.07, 6.45) is 1.51. The van der Waals surface area contributed by atoms with Crippen LogP contribution < -0.4 is 9.47 Å². The maximum atomic E-state index is 5.21. The zero-order chi connectivity index (χ0) is 12.3. The molecular formula is C12H11BrN2O2. The number of hydrogen-bond donors (Lipinski definition) is 0. The zero-order valence-corrected chi connectivity index (χ0v) is 11.1. The third kappa shape index (κ3) is 2.74. The molecule has 1 aromatic carbocycles. The van der Waals surface area contributed by atoms with Crippen molar-refractivity contribution in [2.75, 3.05) is 14.2 Å². The Morgan fingerprint density at radius 1 is 0.941 bits per heavy atom. The first-order valence-electron chi connectivity index (χ1n) is 4.94. The summed E-state index contributed by atoms with van der Waals surface area (Å²) in [4.78, 5) is 8.20. The van der Waals surface area contributed by atoms with Crippen molar-refractivity contribution < 1.29 is 9.47 Å². The Kier molecular flexibility index (Phi) is 3.58. The normalized spacial score (nSPS) is 10.1. The van der Waals surface area contributed by atoms with E-state index in [9.17, 15) is 0 Å². The Bertz CT molecular complexity index is 509. The second-order valence-electron chi connectivity index (χ2n) is 3.33. The number of ether oxygens (including phenoxy) is 2. The smallest absolute Gasteiger partial charge is 0.123 e. The highest BCUT2D eigenvalue weighted by atomic mass is 79.9. The highest BCUT2D eigenvalue weighted by Crippen LogP contribution is 2.29. The number of benzene rings is 1. The number of nitrogens with zero attached hydrogens (tertiary/aromatic N) is 2. The Hall–Kier alpha value is -1.62. The van der Waals surface area contributed by atoms with E-state index in [0.717, 1.165) is 27.4 Å². The molecule has 0 fully saturated rings. The number of methoxy groups -OCH3 is 2. The van der Waals surface area contributed by atoms with Gasteiger partial charge in [0, 0.05) is 11.6 Å². The molecule has 0 aliphatic carbocycles. The summed E-state index contributed by atoms with van der Waals surface area (Å²) in [5, 5.41) is 0. The van der Waals surface area contributed by atoms with Crippen LogP contribution in [0.5, 0.6) is 11.5 Å². The fourth-order valence-electron chi connectivity index (χ4n) is 1.45. The van der Waals surface area contributed by atoms with E-state index in [-0.39, 0.29) is 0 Å². The van der Waals surface area contributed by atoms with Crippen molar-refractivity contribution in [3.8, 4) is 22.8 Å². The van der Waals surface area contributed by atoms with Crippen LogP contribution in [0.15, 0.2) is 35.2 Å². The molecule has 0 aliphatic rings. The minimum Gasteiger partial charge on any atom is -0.497 e. The molecule has 1 aromatic heterocycles. The zero-order valence-electron chi connectivity index (χ0n) is 9.48. The molecule has 88 valence electrons. The predicted octanol–water partition coefficient (Wildman–Crippen LogP) is 2.92. The molecule has 4 nitrogen and oxygen atoms in total. The summed E-state index contributed by atoms with van der Waals surface area (Å²) >= 11 is 3.32. The van der Waals surface area contributed by atoms with E-state index in [4.69, 9.17) is 9.47 Å². The second-order valence-corrected chi connectivity index (χ2v) is 4.14. The summed E-state index contributed by atoms with van der Waals surface area (Å²) in [6.45, 7) is 0. The van der Waals surface area contributed by atoms with Gasteiger partial charge in [-0.1, -0.05) is 0 Å². The molecule has 1 heterocycles. The first-order valence-corrected chi connectivity index (χ1v) is 5.73. The Morgan fingerprint density at radius 3 is 2.12 bits per heavy atom. The molecular weight excluding hydrogens is 284 g/mol. The van der Waals surface area contributed by atoms with Gasteiger partial charge in [0.1, 0.15) is 22.4 Å². The van der Waals surface area contributed by atoms with Crippen LogP contribution in [0.2, 0.25) is 0 Å². The van der Waals surface area contributed by atoms with E-state index >= 15 is 0 Å². The lowest BCUT2D eigenvalue weighted by Crippen LogP contribution is -1.91. The van der Waals surface area contributed by atoms with Crippen LogP contribution in [0.3, 0.4) is 0 Å². The molecule has 0 aliphatic heterocycles. The van der Waals surface area contributed by atoms with Crippen LogP contribution in [-0.2, 0) is 0 Å². The summed E-state index contributed by atoms with van der Waals surface area (Å²) in [5.41, 5.74) is 1.73.